The predicted molar refractivity (Wildman–Crippen MR) is 81.8 cm³/mol. The molecule has 1 rings (SSSR count). The number of amides is 1. The minimum atomic E-state index is -0.451. The van der Waals surface area contributed by atoms with E-state index >= 15 is 0 Å². The number of carbonyl (C=O) groups is 1. The van der Waals surface area contributed by atoms with Gasteiger partial charge in [0.2, 0.25) is 5.91 Å². The number of nitrogens with zero attached hydrogens (tertiary/aromatic N) is 1. The fraction of sp³-hybridized carbons (Fsp3) is 0.462. The molecule has 1 aromatic rings. The maximum atomic E-state index is 11.5. The number of hydrogen-bond acceptors (Lipinski definition) is 4. The van der Waals surface area contributed by atoms with Gasteiger partial charge < -0.3 is 10.6 Å². The van der Waals surface area contributed by atoms with Crippen LogP contribution in [-0.4, -0.2) is 23.9 Å². The van der Waals surface area contributed by atoms with Gasteiger partial charge in [0.05, 0.1) is 4.92 Å². The van der Waals surface area contributed by atoms with E-state index in [9.17, 15) is 14.9 Å². The van der Waals surface area contributed by atoms with Crippen molar-refractivity contribution in [3.8, 4) is 0 Å². The molecule has 0 unspecified atom stereocenters. The lowest BCUT2D eigenvalue weighted by Crippen LogP contribution is -2.28. The van der Waals surface area contributed by atoms with Gasteiger partial charge in [0, 0.05) is 30.0 Å². The van der Waals surface area contributed by atoms with Crippen molar-refractivity contribution in [1.82, 2.24) is 5.32 Å². The van der Waals surface area contributed by atoms with E-state index in [2.05, 4.69) is 26.6 Å². The van der Waals surface area contributed by atoms with Crippen LogP contribution in [0, 0.1) is 16.0 Å². The summed E-state index contributed by atoms with van der Waals surface area (Å²) in [4.78, 5) is 22.0. The first-order valence-electron chi connectivity index (χ1n) is 6.34. The molecule has 0 atom stereocenters. The van der Waals surface area contributed by atoms with Gasteiger partial charge in [-0.1, -0.05) is 29.8 Å². The number of benzene rings is 1. The first-order valence-corrected chi connectivity index (χ1v) is 7.14. The molecular weight excluding hydrogens is 326 g/mol. The average Bonchev–Trinajstić information content (AvgIpc) is 2.36. The van der Waals surface area contributed by atoms with Crippen molar-refractivity contribution in [1.29, 1.82) is 0 Å². The maximum absolute atomic E-state index is 11.5. The summed E-state index contributed by atoms with van der Waals surface area (Å²) in [6.07, 6.45) is 0.274. The fourth-order valence-electron chi connectivity index (χ4n) is 1.53. The highest BCUT2D eigenvalue weighted by Gasteiger charge is 2.13. The molecule has 0 aromatic heterocycles. The average molecular weight is 344 g/mol. The SMILES string of the molecule is CC(C)CNC(=O)CCNc1cc(Br)ccc1[N+](=O)[O-]. The van der Waals surface area contributed by atoms with Crippen molar-refractivity contribution in [2.24, 2.45) is 5.92 Å². The Balaban J connectivity index is 2.51. The van der Waals surface area contributed by atoms with Gasteiger partial charge in [-0.05, 0) is 18.1 Å². The molecule has 0 aliphatic heterocycles. The van der Waals surface area contributed by atoms with Gasteiger partial charge in [-0.3, -0.25) is 14.9 Å². The van der Waals surface area contributed by atoms with Crippen LogP contribution >= 0.6 is 15.9 Å². The van der Waals surface area contributed by atoms with Crippen molar-refractivity contribution in [2.75, 3.05) is 18.4 Å². The Morgan fingerprint density at radius 3 is 2.75 bits per heavy atom. The van der Waals surface area contributed by atoms with Crippen LogP contribution in [0.5, 0.6) is 0 Å². The Bertz CT molecular complexity index is 492. The third kappa shape index (κ3) is 5.56. The maximum Gasteiger partial charge on any atom is 0.292 e. The quantitative estimate of drug-likeness (QED) is 0.588. The number of rotatable bonds is 7. The van der Waals surface area contributed by atoms with Crippen LogP contribution in [0.2, 0.25) is 0 Å². The number of anilines is 1. The molecule has 7 heteroatoms. The fourth-order valence-corrected chi connectivity index (χ4v) is 1.89. The van der Waals surface area contributed by atoms with Crippen LogP contribution in [0.1, 0.15) is 20.3 Å². The highest BCUT2D eigenvalue weighted by atomic mass is 79.9. The topological polar surface area (TPSA) is 84.3 Å². The monoisotopic (exact) mass is 343 g/mol. The Morgan fingerprint density at radius 2 is 2.15 bits per heavy atom. The van der Waals surface area contributed by atoms with E-state index in [1.54, 1.807) is 12.1 Å². The molecule has 0 fully saturated rings. The zero-order valence-electron chi connectivity index (χ0n) is 11.5. The Labute approximate surface area is 126 Å². The molecule has 0 spiro atoms. The minimum Gasteiger partial charge on any atom is -0.379 e. The standard InChI is InChI=1S/C13H18BrN3O3/c1-9(2)8-16-13(18)5-6-15-11-7-10(14)3-4-12(11)17(19)20/h3-4,7,9,15H,5-6,8H2,1-2H3,(H,16,18). The lowest BCUT2D eigenvalue weighted by molar-refractivity contribution is -0.384. The summed E-state index contributed by atoms with van der Waals surface area (Å²) in [5.74, 6) is 0.335. The summed E-state index contributed by atoms with van der Waals surface area (Å²) >= 11 is 3.27. The molecule has 0 bridgehead atoms. The molecule has 0 heterocycles. The highest BCUT2D eigenvalue weighted by molar-refractivity contribution is 9.10. The molecule has 6 nitrogen and oxygen atoms in total. The highest BCUT2D eigenvalue weighted by Crippen LogP contribution is 2.27. The number of halogens is 1. The summed E-state index contributed by atoms with van der Waals surface area (Å²) in [6.45, 7) is 5.02. The molecule has 2 N–H and O–H groups in total. The van der Waals surface area contributed by atoms with Crippen molar-refractivity contribution >= 4 is 33.2 Å². The number of nitro benzene ring substituents is 1. The van der Waals surface area contributed by atoms with E-state index in [4.69, 9.17) is 0 Å². The normalized spacial score (nSPS) is 10.4. The molecule has 1 aromatic carbocycles. The predicted octanol–water partition coefficient (Wildman–Crippen LogP) is 2.93. The van der Waals surface area contributed by atoms with Crippen LogP contribution in [0.4, 0.5) is 11.4 Å². The van der Waals surface area contributed by atoms with Gasteiger partial charge in [-0.15, -0.1) is 0 Å². The lowest BCUT2D eigenvalue weighted by atomic mass is 10.2. The number of nitrogens with one attached hydrogen (secondary N) is 2. The van der Waals surface area contributed by atoms with Gasteiger partial charge in [0.15, 0.2) is 0 Å². The first-order chi connectivity index (χ1) is 9.40. The van der Waals surface area contributed by atoms with E-state index in [0.717, 1.165) is 4.47 Å². The number of nitro groups is 1. The zero-order chi connectivity index (χ0) is 15.1. The smallest absolute Gasteiger partial charge is 0.292 e. The molecule has 0 saturated carbocycles. The minimum absolute atomic E-state index is 0.00390. The second-order valence-electron chi connectivity index (χ2n) is 4.79. The Hall–Kier alpha value is -1.63. The second kappa shape index (κ2) is 7.84. The molecule has 110 valence electrons. The van der Waals surface area contributed by atoms with E-state index in [1.807, 2.05) is 13.8 Å². The van der Waals surface area contributed by atoms with Crippen molar-refractivity contribution in [2.45, 2.75) is 20.3 Å². The summed E-state index contributed by atoms with van der Waals surface area (Å²) in [7, 11) is 0. The van der Waals surface area contributed by atoms with Crippen molar-refractivity contribution in [3.05, 3.63) is 32.8 Å². The molecular formula is C13H18BrN3O3. The van der Waals surface area contributed by atoms with Gasteiger partial charge in [0.1, 0.15) is 5.69 Å². The van der Waals surface area contributed by atoms with E-state index in [0.29, 0.717) is 24.7 Å². The molecule has 0 saturated heterocycles. The summed E-state index contributed by atoms with van der Waals surface area (Å²) in [5.41, 5.74) is 0.400. The molecule has 0 radical (unpaired) electrons. The van der Waals surface area contributed by atoms with Crippen molar-refractivity contribution in [3.63, 3.8) is 0 Å². The Morgan fingerprint density at radius 1 is 1.45 bits per heavy atom. The summed E-state index contributed by atoms with van der Waals surface area (Å²) in [6, 6.07) is 4.66. The molecule has 0 aliphatic rings. The zero-order valence-corrected chi connectivity index (χ0v) is 13.1. The molecule has 0 aliphatic carbocycles. The van der Waals surface area contributed by atoms with E-state index < -0.39 is 4.92 Å². The van der Waals surface area contributed by atoms with Crippen LogP contribution in [0.15, 0.2) is 22.7 Å². The third-order valence-electron chi connectivity index (χ3n) is 2.53. The van der Waals surface area contributed by atoms with Crippen LogP contribution in [0.25, 0.3) is 0 Å². The van der Waals surface area contributed by atoms with E-state index in [1.165, 1.54) is 6.07 Å². The lowest BCUT2D eigenvalue weighted by Gasteiger charge is -2.09. The molecule has 1 amide bonds. The van der Waals surface area contributed by atoms with Crippen LogP contribution < -0.4 is 10.6 Å². The first kappa shape index (κ1) is 16.4. The van der Waals surface area contributed by atoms with Gasteiger partial charge in [0.25, 0.3) is 5.69 Å². The second-order valence-corrected chi connectivity index (χ2v) is 5.71. The summed E-state index contributed by atoms with van der Waals surface area (Å²) < 4.78 is 0.745. The summed E-state index contributed by atoms with van der Waals surface area (Å²) in [5, 5.41) is 16.6. The van der Waals surface area contributed by atoms with E-state index in [-0.39, 0.29) is 18.0 Å². The molecule has 20 heavy (non-hydrogen) atoms. The van der Waals surface area contributed by atoms with Gasteiger partial charge in [-0.25, -0.2) is 0 Å². The van der Waals surface area contributed by atoms with Crippen LogP contribution in [-0.2, 0) is 4.79 Å². The third-order valence-corrected chi connectivity index (χ3v) is 3.02. The Kier molecular flexibility index (Phi) is 6.44. The van der Waals surface area contributed by atoms with Gasteiger partial charge in [-0.2, -0.15) is 0 Å². The number of hydrogen-bond donors (Lipinski definition) is 2. The number of carbonyl (C=O) groups excluding carboxylic acids is 1. The largest absolute Gasteiger partial charge is 0.379 e. The van der Waals surface area contributed by atoms with Crippen molar-refractivity contribution < 1.29 is 9.72 Å². The van der Waals surface area contributed by atoms with Gasteiger partial charge >= 0.3 is 0 Å². The van der Waals surface area contributed by atoms with Crippen LogP contribution in [0.3, 0.4) is 0 Å².